The Bertz CT molecular complexity index is 295. The third-order valence-corrected chi connectivity index (χ3v) is 3.02. The number of thiophene rings is 1. The standard InChI is InChI=1S/C11H15NS/c1-4-11(5-2)12-6-10-8-13-7-9(10)3/h1,7-8,11-12H,5-6H2,2-3H3. The highest BCUT2D eigenvalue weighted by Crippen LogP contribution is 2.13. The molecule has 0 aliphatic carbocycles. The quantitative estimate of drug-likeness (QED) is 0.725. The molecule has 0 amide bonds. The number of nitrogens with one attached hydrogen (secondary N) is 1. The van der Waals surface area contributed by atoms with Gasteiger partial charge in [0.2, 0.25) is 0 Å². The summed E-state index contributed by atoms with van der Waals surface area (Å²) in [6.45, 7) is 5.11. The fraction of sp³-hybridized carbons (Fsp3) is 0.455. The Morgan fingerprint density at radius 1 is 1.62 bits per heavy atom. The first-order valence-electron chi connectivity index (χ1n) is 4.49. The van der Waals surface area contributed by atoms with Crippen molar-refractivity contribution in [1.29, 1.82) is 0 Å². The maximum atomic E-state index is 5.35. The average Bonchev–Trinajstić information content (AvgIpc) is 2.54. The fourth-order valence-corrected chi connectivity index (χ4v) is 1.98. The number of hydrogen-bond acceptors (Lipinski definition) is 2. The van der Waals surface area contributed by atoms with Gasteiger partial charge < -0.3 is 0 Å². The van der Waals surface area contributed by atoms with Crippen LogP contribution in [-0.2, 0) is 6.54 Å². The van der Waals surface area contributed by atoms with Gasteiger partial charge in [0.15, 0.2) is 0 Å². The van der Waals surface area contributed by atoms with Gasteiger partial charge in [0, 0.05) is 6.54 Å². The van der Waals surface area contributed by atoms with Crippen LogP contribution in [0.15, 0.2) is 10.8 Å². The Morgan fingerprint density at radius 2 is 2.38 bits per heavy atom. The average molecular weight is 193 g/mol. The van der Waals surface area contributed by atoms with Crippen LogP contribution in [0.1, 0.15) is 24.5 Å². The van der Waals surface area contributed by atoms with E-state index in [0.717, 1.165) is 13.0 Å². The number of aryl methyl sites for hydroxylation is 1. The number of hydrogen-bond donors (Lipinski definition) is 1. The van der Waals surface area contributed by atoms with E-state index in [-0.39, 0.29) is 6.04 Å². The van der Waals surface area contributed by atoms with Crippen LogP contribution in [0, 0.1) is 19.3 Å². The van der Waals surface area contributed by atoms with E-state index < -0.39 is 0 Å². The van der Waals surface area contributed by atoms with Gasteiger partial charge in [0.1, 0.15) is 0 Å². The lowest BCUT2D eigenvalue weighted by atomic mass is 10.2. The maximum Gasteiger partial charge on any atom is 0.0686 e. The molecule has 1 heterocycles. The van der Waals surface area contributed by atoms with Crippen molar-refractivity contribution in [2.75, 3.05) is 0 Å². The molecule has 0 fully saturated rings. The van der Waals surface area contributed by atoms with Crippen LogP contribution >= 0.6 is 11.3 Å². The lowest BCUT2D eigenvalue weighted by Crippen LogP contribution is -2.26. The van der Waals surface area contributed by atoms with Crippen molar-refractivity contribution in [3.05, 3.63) is 21.9 Å². The summed E-state index contributed by atoms with van der Waals surface area (Å²) in [4.78, 5) is 0. The molecule has 1 atom stereocenters. The first kappa shape index (κ1) is 10.3. The van der Waals surface area contributed by atoms with Crippen LogP contribution in [0.4, 0.5) is 0 Å². The maximum absolute atomic E-state index is 5.35. The zero-order valence-corrected chi connectivity index (χ0v) is 8.95. The van der Waals surface area contributed by atoms with E-state index in [4.69, 9.17) is 6.42 Å². The molecule has 1 aromatic rings. The minimum atomic E-state index is 0.208. The van der Waals surface area contributed by atoms with Crippen molar-refractivity contribution < 1.29 is 0 Å². The Kier molecular flexibility index (Phi) is 4.01. The molecule has 0 aliphatic heterocycles. The summed E-state index contributed by atoms with van der Waals surface area (Å²) in [6, 6.07) is 0.208. The van der Waals surface area contributed by atoms with Crippen LogP contribution in [0.5, 0.6) is 0 Å². The molecule has 70 valence electrons. The Balaban J connectivity index is 2.44. The third kappa shape index (κ3) is 2.87. The molecule has 0 aromatic carbocycles. The second-order valence-electron chi connectivity index (χ2n) is 3.09. The van der Waals surface area contributed by atoms with Gasteiger partial charge in [-0.15, -0.1) is 6.42 Å². The predicted octanol–water partition coefficient (Wildman–Crippen LogP) is 2.56. The first-order chi connectivity index (χ1) is 6.27. The highest BCUT2D eigenvalue weighted by Gasteiger charge is 2.02. The predicted molar refractivity (Wildman–Crippen MR) is 58.8 cm³/mol. The van der Waals surface area contributed by atoms with E-state index in [2.05, 4.69) is 35.8 Å². The van der Waals surface area contributed by atoms with Crippen molar-refractivity contribution >= 4 is 11.3 Å². The summed E-state index contributed by atoms with van der Waals surface area (Å²) < 4.78 is 0. The molecule has 0 saturated carbocycles. The van der Waals surface area contributed by atoms with Crippen molar-refractivity contribution in [2.24, 2.45) is 0 Å². The van der Waals surface area contributed by atoms with Crippen LogP contribution in [0.25, 0.3) is 0 Å². The zero-order chi connectivity index (χ0) is 9.68. The summed E-state index contributed by atoms with van der Waals surface area (Å²) in [5, 5.41) is 7.67. The Labute approximate surface area is 84.2 Å². The smallest absolute Gasteiger partial charge is 0.0686 e. The van der Waals surface area contributed by atoms with Gasteiger partial charge in [0.05, 0.1) is 6.04 Å². The molecule has 1 unspecified atom stereocenters. The third-order valence-electron chi connectivity index (χ3n) is 2.11. The van der Waals surface area contributed by atoms with Crippen molar-refractivity contribution in [1.82, 2.24) is 5.32 Å². The molecule has 13 heavy (non-hydrogen) atoms. The molecule has 0 bridgehead atoms. The summed E-state index contributed by atoms with van der Waals surface area (Å²) >= 11 is 1.74. The highest BCUT2D eigenvalue weighted by atomic mass is 32.1. The minimum Gasteiger partial charge on any atom is -0.300 e. The molecule has 0 radical (unpaired) electrons. The van der Waals surface area contributed by atoms with Gasteiger partial charge >= 0.3 is 0 Å². The largest absolute Gasteiger partial charge is 0.300 e. The number of terminal acetylenes is 1. The minimum absolute atomic E-state index is 0.208. The van der Waals surface area contributed by atoms with E-state index >= 15 is 0 Å². The van der Waals surface area contributed by atoms with Crippen molar-refractivity contribution in [2.45, 2.75) is 32.9 Å². The molecule has 1 nitrogen and oxygen atoms in total. The summed E-state index contributed by atoms with van der Waals surface area (Å²) in [5.41, 5.74) is 2.71. The lowest BCUT2D eigenvalue weighted by molar-refractivity contribution is 0.592. The van der Waals surface area contributed by atoms with E-state index in [1.165, 1.54) is 11.1 Å². The summed E-state index contributed by atoms with van der Waals surface area (Å²) in [7, 11) is 0. The van der Waals surface area contributed by atoms with Crippen LogP contribution in [0.2, 0.25) is 0 Å². The Morgan fingerprint density at radius 3 is 2.85 bits per heavy atom. The lowest BCUT2D eigenvalue weighted by Gasteiger charge is -2.09. The topological polar surface area (TPSA) is 12.0 Å². The molecular weight excluding hydrogens is 178 g/mol. The van der Waals surface area contributed by atoms with Crippen LogP contribution in [-0.4, -0.2) is 6.04 Å². The molecular formula is C11H15NS. The van der Waals surface area contributed by atoms with Gasteiger partial charge in [-0.05, 0) is 35.2 Å². The van der Waals surface area contributed by atoms with Crippen molar-refractivity contribution in [3.63, 3.8) is 0 Å². The first-order valence-corrected chi connectivity index (χ1v) is 5.43. The van der Waals surface area contributed by atoms with E-state index in [1.54, 1.807) is 11.3 Å². The molecule has 1 rings (SSSR count). The molecule has 2 heteroatoms. The van der Waals surface area contributed by atoms with Crippen LogP contribution in [0.3, 0.4) is 0 Å². The van der Waals surface area contributed by atoms with Gasteiger partial charge in [-0.2, -0.15) is 11.3 Å². The number of rotatable bonds is 4. The highest BCUT2D eigenvalue weighted by molar-refractivity contribution is 7.08. The van der Waals surface area contributed by atoms with E-state index in [9.17, 15) is 0 Å². The summed E-state index contributed by atoms with van der Waals surface area (Å²) in [6.07, 6.45) is 6.34. The SMILES string of the molecule is C#CC(CC)NCc1cscc1C. The molecule has 1 aromatic heterocycles. The van der Waals surface area contributed by atoms with Gasteiger partial charge in [-0.25, -0.2) is 0 Å². The second-order valence-corrected chi connectivity index (χ2v) is 3.83. The van der Waals surface area contributed by atoms with Gasteiger partial charge in [-0.1, -0.05) is 12.8 Å². The molecule has 1 N–H and O–H groups in total. The monoisotopic (exact) mass is 193 g/mol. The normalized spacial score (nSPS) is 12.4. The van der Waals surface area contributed by atoms with Gasteiger partial charge in [-0.3, -0.25) is 5.32 Å². The second kappa shape index (κ2) is 5.06. The molecule has 0 saturated heterocycles. The zero-order valence-electron chi connectivity index (χ0n) is 8.13. The fourth-order valence-electron chi connectivity index (χ4n) is 1.12. The van der Waals surface area contributed by atoms with E-state index in [0.29, 0.717) is 0 Å². The van der Waals surface area contributed by atoms with Gasteiger partial charge in [0.25, 0.3) is 0 Å². The summed E-state index contributed by atoms with van der Waals surface area (Å²) in [5.74, 6) is 2.73. The van der Waals surface area contributed by atoms with E-state index in [1.807, 2.05) is 0 Å². The van der Waals surface area contributed by atoms with Crippen LogP contribution < -0.4 is 5.32 Å². The van der Waals surface area contributed by atoms with Crippen molar-refractivity contribution in [3.8, 4) is 12.3 Å². The molecule has 0 spiro atoms. The molecule has 0 aliphatic rings. The Hall–Kier alpha value is -0.780.